The van der Waals surface area contributed by atoms with Crippen LogP contribution in [0.25, 0.3) is 6.08 Å². The first-order valence-corrected chi connectivity index (χ1v) is 7.84. The van der Waals surface area contributed by atoms with E-state index in [-0.39, 0.29) is 34.7 Å². The lowest BCUT2D eigenvalue weighted by atomic mass is 10.1. The number of methoxy groups -OCH3 is 1. The van der Waals surface area contributed by atoms with Gasteiger partial charge in [0.05, 0.1) is 18.4 Å². The van der Waals surface area contributed by atoms with E-state index in [4.69, 9.17) is 4.74 Å². The van der Waals surface area contributed by atoms with Crippen molar-refractivity contribution in [2.24, 2.45) is 5.10 Å². The van der Waals surface area contributed by atoms with E-state index in [1.165, 1.54) is 25.1 Å². The summed E-state index contributed by atoms with van der Waals surface area (Å²) in [6.45, 7) is 1.35. The maximum Gasteiger partial charge on any atom is 0.282 e. The molecule has 26 heavy (non-hydrogen) atoms. The van der Waals surface area contributed by atoms with Gasteiger partial charge in [0.25, 0.3) is 5.91 Å². The van der Waals surface area contributed by atoms with Gasteiger partial charge >= 0.3 is 0 Å². The number of nitrogens with zero attached hydrogens (tertiary/aromatic N) is 2. The Balaban J connectivity index is 2.03. The maximum atomic E-state index is 12.8. The summed E-state index contributed by atoms with van der Waals surface area (Å²) in [6.07, 6.45) is 1.59. The highest BCUT2D eigenvalue weighted by Gasteiger charge is 2.31. The van der Waals surface area contributed by atoms with Gasteiger partial charge in [0, 0.05) is 6.92 Å². The third-order valence-corrected chi connectivity index (χ3v) is 3.69. The highest BCUT2D eigenvalue weighted by atomic mass is 16.5. The molecule has 1 aliphatic rings. The molecule has 0 saturated heterocycles. The third-order valence-electron chi connectivity index (χ3n) is 3.69. The van der Waals surface area contributed by atoms with E-state index >= 15 is 0 Å². The van der Waals surface area contributed by atoms with E-state index in [1.54, 1.807) is 42.5 Å². The van der Waals surface area contributed by atoms with Gasteiger partial charge in [-0.25, -0.2) is 0 Å². The SMILES string of the molecule is COc1cc(C=C2C(=O)N(c3ccccc3)N=C2NC(C)=O)ccc1O. The molecule has 0 aliphatic carbocycles. The number of amidine groups is 1. The first-order valence-electron chi connectivity index (χ1n) is 7.84. The number of aromatic hydroxyl groups is 1. The number of hydrogen-bond donors (Lipinski definition) is 2. The minimum Gasteiger partial charge on any atom is -0.504 e. The Kier molecular flexibility index (Phi) is 4.70. The maximum absolute atomic E-state index is 12.8. The predicted molar refractivity (Wildman–Crippen MR) is 97.8 cm³/mol. The van der Waals surface area contributed by atoms with Gasteiger partial charge in [-0.2, -0.15) is 5.01 Å². The van der Waals surface area contributed by atoms with Gasteiger partial charge in [0.2, 0.25) is 5.91 Å². The fourth-order valence-electron chi connectivity index (χ4n) is 2.50. The molecule has 0 aromatic heterocycles. The van der Waals surface area contributed by atoms with Crippen molar-refractivity contribution in [1.29, 1.82) is 0 Å². The molecule has 2 amide bonds. The van der Waals surface area contributed by atoms with Crippen molar-refractivity contribution >= 4 is 29.4 Å². The molecule has 0 spiro atoms. The van der Waals surface area contributed by atoms with Gasteiger partial charge in [-0.1, -0.05) is 24.3 Å². The van der Waals surface area contributed by atoms with Crippen LogP contribution >= 0.6 is 0 Å². The molecule has 0 unspecified atom stereocenters. The molecule has 132 valence electrons. The van der Waals surface area contributed by atoms with E-state index in [2.05, 4.69) is 10.4 Å². The fourth-order valence-corrected chi connectivity index (χ4v) is 2.50. The fraction of sp³-hybridized carbons (Fsp3) is 0.105. The van der Waals surface area contributed by atoms with E-state index in [1.807, 2.05) is 6.07 Å². The van der Waals surface area contributed by atoms with Crippen molar-refractivity contribution in [3.63, 3.8) is 0 Å². The lowest BCUT2D eigenvalue weighted by Crippen LogP contribution is -2.29. The van der Waals surface area contributed by atoms with Gasteiger partial charge in [0.15, 0.2) is 17.3 Å². The molecule has 1 heterocycles. The van der Waals surface area contributed by atoms with Crippen LogP contribution < -0.4 is 15.1 Å². The molecule has 0 bridgehead atoms. The average molecular weight is 351 g/mol. The summed E-state index contributed by atoms with van der Waals surface area (Å²) in [4.78, 5) is 24.3. The monoisotopic (exact) mass is 351 g/mol. The van der Waals surface area contributed by atoms with Crippen LogP contribution in [0, 0.1) is 0 Å². The number of anilines is 1. The molecular weight excluding hydrogens is 334 g/mol. The van der Waals surface area contributed by atoms with Crippen LogP contribution in [-0.2, 0) is 9.59 Å². The number of carbonyl (C=O) groups is 2. The van der Waals surface area contributed by atoms with Gasteiger partial charge in [-0.3, -0.25) is 9.59 Å². The van der Waals surface area contributed by atoms with Crippen molar-refractivity contribution < 1.29 is 19.4 Å². The molecule has 1 aliphatic heterocycles. The largest absolute Gasteiger partial charge is 0.504 e. The highest BCUT2D eigenvalue weighted by Crippen LogP contribution is 2.29. The molecule has 0 fully saturated rings. The summed E-state index contributed by atoms with van der Waals surface area (Å²) in [5.74, 6) is -0.261. The minimum absolute atomic E-state index is 0.00550. The Labute approximate surface area is 150 Å². The Morgan fingerprint density at radius 2 is 1.96 bits per heavy atom. The Morgan fingerprint density at radius 3 is 2.62 bits per heavy atom. The number of para-hydroxylation sites is 1. The van der Waals surface area contributed by atoms with Gasteiger partial charge in [-0.05, 0) is 35.9 Å². The molecule has 7 nitrogen and oxygen atoms in total. The molecule has 2 aromatic rings. The number of ether oxygens (including phenoxy) is 1. The Hall–Kier alpha value is -3.61. The molecule has 0 saturated carbocycles. The van der Waals surface area contributed by atoms with Crippen molar-refractivity contribution in [1.82, 2.24) is 5.32 Å². The highest BCUT2D eigenvalue weighted by molar-refractivity contribution is 6.33. The second kappa shape index (κ2) is 7.10. The summed E-state index contributed by atoms with van der Waals surface area (Å²) in [5, 5.41) is 17.8. The first kappa shape index (κ1) is 17.2. The number of phenols is 1. The van der Waals surface area contributed by atoms with E-state index in [0.29, 0.717) is 11.3 Å². The summed E-state index contributed by atoms with van der Waals surface area (Å²) in [5.41, 5.74) is 1.44. The summed E-state index contributed by atoms with van der Waals surface area (Å²) in [7, 11) is 1.44. The second-order valence-electron chi connectivity index (χ2n) is 5.57. The number of rotatable bonds is 3. The number of hydrazone groups is 1. The molecular formula is C19H17N3O4. The van der Waals surface area contributed by atoms with Crippen molar-refractivity contribution in [3.05, 3.63) is 59.7 Å². The van der Waals surface area contributed by atoms with Crippen LogP contribution in [0.2, 0.25) is 0 Å². The molecule has 3 rings (SSSR count). The molecule has 0 radical (unpaired) electrons. The van der Waals surface area contributed by atoms with Crippen molar-refractivity contribution in [3.8, 4) is 11.5 Å². The Morgan fingerprint density at radius 1 is 1.23 bits per heavy atom. The molecule has 2 aromatic carbocycles. The summed E-state index contributed by atoms with van der Waals surface area (Å²) < 4.78 is 5.08. The summed E-state index contributed by atoms with van der Waals surface area (Å²) >= 11 is 0. The predicted octanol–water partition coefficient (Wildman–Crippen LogP) is 2.28. The zero-order valence-electron chi connectivity index (χ0n) is 14.3. The van der Waals surface area contributed by atoms with Gasteiger partial charge in [-0.15, -0.1) is 5.10 Å². The normalized spacial score (nSPS) is 15.2. The van der Waals surface area contributed by atoms with E-state index in [9.17, 15) is 14.7 Å². The Bertz CT molecular complexity index is 920. The zero-order valence-corrected chi connectivity index (χ0v) is 14.3. The first-order chi connectivity index (χ1) is 12.5. The van der Waals surface area contributed by atoms with Gasteiger partial charge in [0.1, 0.15) is 0 Å². The number of hydrogen-bond acceptors (Lipinski definition) is 5. The van der Waals surface area contributed by atoms with Crippen LogP contribution in [-0.4, -0.2) is 29.9 Å². The smallest absolute Gasteiger partial charge is 0.282 e. The standard InChI is InChI=1S/C19H17N3O4/c1-12(23)20-18-15(10-13-8-9-16(24)17(11-13)26-2)19(25)22(21-18)14-6-4-3-5-7-14/h3-11,24H,1-2H3,(H,20,21,23). The quantitative estimate of drug-likeness (QED) is 0.830. The van der Waals surface area contributed by atoms with E-state index < -0.39 is 0 Å². The number of phenolic OH excluding ortho intramolecular Hbond substituents is 1. The molecule has 2 N–H and O–H groups in total. The van der Waals surface area contributed by atoms with Crippen molar-refractivity contribution in [2.75, 3.05) is 12.1 Å². The summed E-state index contributed by atoms with van der Waals surface area (Å²) in [6, 6.07) is 13.6. The van der Waals surface area contributed by atoms with Crippen LogP contribution in [0.1, 0.15) is 12.5 Å². The number of nitrogens with one attached hydrogen (secondary N) is 1. The van der Waals surface area contributed by atoms with Gasteiger partial charge < -0.3 is 15.2 Å². The lowest BCUT2D eigenvalue weighted by molar-refractivity contribution is -0.117. The number of carbonyl (C=O) groups excluding carboxylic acids is 2. The topological polar surface area (TPSA) is 91.2 Å². The molecule has 0 atom stereocenters. The zero-order chi connectivity index (χ0) is 18.7. The number of amides is 2. The lowest BCUT2D eigenvalue weighted by Gasteiger charge is -2.10. The minimum atomic E-state index is -0.369. The van der Waals surface area contributed by atoms with Crippen LogP contribution in [0.4, 0.5) is 5.69 Å². The van der Waals surface area contributed by atoms with E-state index in [0.717, 1.165) is 0 Å². The second-order valence-corrected chi connectivity index (χ2v) is 5.57. The number of benzene rings is 2. The molecule has 7 heteroatoms. The van der Waals surface area contributed by atoms with Crippen LogP contribution in [0.5, 0.6) is 11.5 Å². The third kappa shape index (κ3) is 3.41. The average Bonchev–Trinajstić information content (AvgIpc) is 2.93. The van der Waals surface area contributed by atoms with Crippen LogP contribution in [0.3, 0.4) is 0 Å². The van der Waals surface area contributed by atoms with Crippen molar-refractivity contribution in [2.45, 2.75) is 6.92 Å². The van der Waals surface area contributed by atoms with Crippen LogP contribution in [0.15, 0.2) is 59.2 Å².